The van der Waals surface area contributed by atoms with Crippen molar-refractivity contribution in [2.24, 2.45) is 0 Å². The van der Waals surface area contributed by atoms with E-state index < -0.39 is 0 Å². The number of carbonyl (C=O) groups excluding carboxylic acids is 1. The zero-order valence-electron chi connectivity index (χ0n) is 12.3. The number of nitrogens with one attached hydrogen (secondary N) is 1. The number of hydrogen-bond acceptors (Lipinski definition) is 3. The number of para-hydroxylation sites is 1. The van der Waals surface area contributed by atoms with Crippen LogP contribution in [0.2, 0.25) is 0 Å². The number of likely N-dealkylation sites (N-methyl/N-ethyl adjacent to an activating group) is 1. The third-order valence-electron chi connectivity index (χ3n) is 4.86. The predicted molar refractivity (Wildman–Crippen MR) is 81.1 cm³/mol. The number of nitrogens with zero attached hydrogens (tertiary/aromatic N) is 2. The molecule has 4 nitrogen and oxygen atoms in total. The molecule has 0 aromatic heterocycles. The first-order valence-corrected chi connectivity index (χ1v) is 7.48. The summed E-state index contributed by atoms with van der Waals surface area (Å²) in [7, 11) is 4.07. The Morgan fingerprint density at radius 2 is 1.95 bits per heavy atom. The summed E-state index contributed by atoms with van der Waals surface area (Å²) in [6.45, 7) is 1.74. The van der Waals surface area contributed by atoms with E-state index in [4.69, 9.17) is 0 Å². The maximum Gasteiger partial charge on any atom is 0.256 e. The first-order valence-electron chi connectivity index (χ1n) is 7.48. The summed E-state index contributed by atoms with van der Waals surface area (Å²) in [4.78, 5) is 17.3. The van der Waals surface area contributed by atoms with Crippen molar-refractivity contribution in [3.05, 3.63) is 29.8 Å². The van der Waals surface area contributed by atoms with Gasteiger partial charge in [-0.25, -0.2) is 0 Å². The molecule has 2 heterocycles. The summed E-state index contributed by atoms with van der Waals surface area (Å²) in [5, 5.41) is 3.12. The summed E-state index contributed by atoms with van der Waals surface area (Å²) >= 11 is 0. The molecule has 0 saturated carbocycles. The Morgan fingerprint density at radius 3 is 2.75 bits per heavy atom. The molecule has 20 heavy (non-hydrogen) atoms. The van der Waals surface area contributed by atoms with E-state index >= 15 is 0 Å². The Kier molecular flexibility index (Phi) is 3.66. The highest BCUT2D eigenvalue weighted by atomic mass is 16.2. The molecule has 0 radical (unpaired) electrons. The van der Waals surface area contributed by atoms with E-state index in [1.165, 1.54) is 12.8 Å². The molecule has 1 amide bonds. The van der Waals surface area contributed by atoms with Gasteiger partial charge in [-0.1, -0.05) is 12.1 Å². The van der Waals surface area contributed by atoms with Crippen LogP contribution in [0.4, 0.5) is 5.69 Å². The van der Waals surface area contributed by atoms with E-state index in [2.05, 4.69) is 17.3 Å². The summed E-state index contributed by atoms with van der Waals surface area (Å²) in [6, 6.07) is 8.97. The smallest absolute Gasteiger partial charge is 0.256 e. The molecule has 1 aromatic rings. The Bertz CT molecular complexity index is 502. The van der Waals surface area contributed by atoms with E-state index in [-0.39, 0.29) is 5.91 Å². The molecule has 2 aliphatic rings. The zero-order valence-corrected chi connectivity index (χ0v) is 12.3. The van der Waals surface area contributed by atoms with Crippen LogP contribution in [0.15, 0.2) is 24.3 Å². The lowest BCUT2D eigenvalue weighted by atomic mass is 10.1. The van der Waals surface area contributed by atoms with Gasteiger partial charge in [0.15, 0.2) is 0 Å². The van der Waals surface area contributed by atoms with Crippen molar-refractivity contribution >= 4 is 11.6 Å². The summed E-state index contributed by atoms with van der Waals surface area (Å²) < 4.78 is 0. The molecule has 3 rings (SSSR count). The number of hydrogen-bond donors (Lipinski definition) is 1. The Labute approximate surface area is 120 Å². The average Bonchev–Trinajstić information content (AvgIpc) is 2.71. The molecular formula is C16H23N3O. The third kappa shape index (κ3) is 2.29. The molecule has 2 saturated heterocycles. The molecule has 2 unspecified atom stereocenters. The van der Waals surface area contributed by atoms with Gasteiger partial charge < -0.3 is 10.2 Å². The molecule has 2 bridgehead atoms. The maximum atomic E-state index is 12.8. The molecule has 4 heteroatoms. The fourth-order valence-electron chi connectivity index (χ4n) is 3.55. The van der Waals surface area contributed by atoms with Gasteiger partial charge in [-0.15, -0.1) is 0 Å². The van der Waals surface area contributed by atoms with Gasteiger partial charge in [0.05, 0.1) is 5.56 Å². The minimum absolute atomic E-state index is 0.163. The molecule has 2 aliphatic heterocycles. The van der Waals surface area contributed by atoms with Crippen molar-refractivity contribution in [3.63, 3.8) is 0 Å². The molecular weight excluding hydrogens is 250 g/mol. The topological polar surface area (TPSA) is 35.6 Å². The standard InChI is InChI=1S/C16H23N3O/c1-17-15-6-4-3-5-14(15)16(20)19-10-9-12-7-8-13(11-19)18(12)2/h3-6,12-13,17H,7-11H2,1-2H3. The van der Waals surface area contributed by atoms with Crippen LogP contribution in [0.25, 0.3) is 0 Å². The Hall–Kier alpha value is -1.55. The Balaban J connectivity index is 1.80. The number of amides is 1. The van der Waals surface area contributed by atoms with E-state index in [1.807, 2.05) is 36.2 Å². The van der Waals surface area contributed by atoms with Gasteiger partial charge in [0.25, 0.3) is 5.91 Å². The lowest BCUT2D eigenvalue weighted by molar-refractivity contribution is 0.0741. The second kappa shape index (κ2) is 5.44. The van der Waals surface area contributed by atoms with Gasteiger partial charge in [-0.2, -0.15) is 0 Å². The predicted octanol–water partition coefficient (Wildman–Crippen LogP) is 2.04. The van der Waals surface area contributed by atoms with Crippen LogP contribution in [-0.2, 0) is 0 Å². The molecule has 0 aliphatic carbocycles. The summed E-state index contributed by atoms with van der Waals surface area (Å²) in [5.74, 6) is 0.163. The first kappa shape index (κ1) is 13.4. The van der Waals surface area contributed by atoms with Crippen molar-refractivity contribution in [2.75, 3.05) is 32.5 Å². The van der Waals surface area contributed by atoms with E-state index in [0.717, 1.165) is 30.8 Å². The largest absolute Gasteiger partial charge is 0.387 e. The molecule has 0 spiro atoms. The third-order valence-corrected chi connectivity index (χ3v) is 4.86. The minimum Gasteiger partial charge on any atom is -0.387 e. The highest BCUT2D eigenvalue weighted by Gasteiger charge is 2.36. The van der Waals surface area contributed by atoms with Crippen molar-refractivity contribution in [1.82, 2.24) is 9.80 Å². The van der Waals surface area contributed by atoms with Gasteiger partial charge in [0.1, 0.15) is 0 Å². The molecule has 2 atom stereocenters. The minimum atomic E-state index is 0.163. The second-order valence-electron chi connectivity index (χ2n) is 5.89. The van der Waals surface area contributed by atoms with Gasteiger partial charge in [0.2, 0.25) is 0 Å². The molecule has 1 aromatic carbocycles. The lowest BCUT2D eigenvalue weighted by Crippen LogP contribution is -2.39. The van der Waals surface area contributed by atoms with Crippen LogP contribution in [0.1, 0.15) is 29.6 Å². The quantitative estimate of drug-likeness (QED) is 0.895. The van der Waals surface area contributed by atoms with Crippen LogP contribution in [0.3, 0.4) is 0 Å². The van der Waals surface area contributed by atoms with Crippen molar-refractivity contribution in [1.29, 1.82) is 0 Å². The van der Waals surface area contributed by atoms with E-state index in [0.29, 0.717) is 12.1 Å². The molecule has 2 fully saturated rings. The number of benzene rings is 1. The second-order valence-corrected chi connectivity index (χ2v) is 5.89. The average molecular weight is 273 g/mol. The SMILES string of the molecule is CNc1ccccc1C(=O)N1CCC2CCC(C1)N2C. The number of carbonyl (C=O) groups is 1. The van der Waals surface area contributed by atoms with Crippen LogP contribution in [-0.4, -0.2) is 55.0 Å². The normalized spacial score (nSPS) is 26.4. The van der Waals surface area contributed by atoms with Crippen molar-refractivity contribution < 1.29 is 4.79 Å². The summed E-state index contributed by atoms with van der Waals surface area (Å²) in [5.41, 5.74) is 1.70. The monoisotopic (exact) mass is 273 g/mol. The molecule has 108 valence electrons. The summed E-state index contributed by atoms with van der Waals surface area (Å²) in [6.07, 6.45) is 3.61. The van der Waals surface area contributed by atoms with E-state index in [9.17, 15) is 4.79 Å². The van der Waals surface area contributed by atoms with Crippen molar-refractivity contribution in [3.8, 4) is 0 Å². The highest BCUT2D eigenvalue weighted by Crippen LogP contribution is 2.29. The molecule has 1 N–H and O–H groups in total. The van der Waals surface area contributed by atoms with Gasteiger partial charge in [-0.05, 0) is 38.4 Å². The fraction of sp³-hybridized carbons (Fsp3) is 0.562. The van der Waals surface area contributed by atoms with Gasteiger partial charge >= 0.3 is 0 Å². The Morgan fingerprint density at radius 1 is 1.20 bits per heavy atom. The number of likely N-dealkylation sites (tertiary alicyclic amines) is 1. The van der Waals surface area contributed by atoms with Crippen molar-refractivity contribution in [2.45, 2.75) is 31.3 Å². The van der Waals surface area contributed by atoms with Gasteiger partial charge in [-0.3, -0.25) is 9.69 Å². The lowest BCUT2D eigenvalue weighted by Gasteiger charge is -2.26. The maximum absolute atomic E-state index is 12.8. The van der Waals surface area contributed by atoms with Crippen LogP contribution < -0.4 is 5.32 Å². The van der Waals surface area contributed by atoms with Crippen LogP contribution in [0.5, 0.6) is 0 Å². The first-order chi connectivity index (χ1) is 9.70. The number of anilines is 1. The zero-order chi connectivity index (χ0) is 14.1. The van der Waals surface area contributed by atoms with E-state index in [1.54, 1.807) is 0 Å². The van der Waals surface area contributed by atoms with Crippen LogP contribution in [0, 0.1) is 0 Å². The highest BCUT2D eigenvalue weighted by molar-refractivity contribution is 5.99. The number of rotatable bonds is 2. The van der Waals surface area contributed by atoms with Gasteiger partial charge in [0, 0.05) is 37.9 Å². The van der Waals surface area contributed by atoms with Crippen LogP contribution >= 0.6 is 0 Å². The number of fused-ring (bicyclic) bond motifs is 2. The fourth-order valence-corrected chi connectivity index (χ4v) is 3.55.